The number of benzene rings is 1. The second-order valence-corrected chi connectivity index (χ2v) is 5.18. The summed E-state index contributed by atoms with van der Waals surface area (Å²) in [5.41, 5.74) is 4.22. The predicted molar refractivity (Wildman–Crippen MR) is 48.8 cm³/mol. The molecule has 0 unspecified atom stereocenters. The number of methoxy groups -OCH3 is 1. The molecule has 0 radical (unpaired) electrons. The molecular weight excluding hydrogens is 241 g/mol. The topological polar surface area (TPSA) is 35.2 Å². The van der Waals surface area contributed by atoms with E-state index in [1.165, 1.54) is 0 Å². The summed E-state index contributed by atoms with van der Waals surface area (Å²) in [7, 11) is -12.8. The van der Waals surface area contributed by atoms with Gasteiger partial charge in [0.05, 0.1) is 16.8 Å². The largest absolute Gasteiger partial charge is 0.495 e. The van der Waals surface area contributed by atoms with Crippen molar-refractivity contribution in [2.24, 2.45) is 0 Å². The SMILES string of the molecule is [2H]C([2H])([2H])Oc1ccc(S(F)(F)(F)(F)F)cc1N. The lowest BCUT2D eigenvalue weighted by atomic mass is 10.3. The van der Waals surface area contributed by atoms with Gasteiger partial charge in [0, 0.05) is 0 Å². The molecule has 15 heavy (non-hydrogen) atoms. The zero-order valence-electron chi connectivity index (χ0n) is 10.0. The van der Waals surface area contributed by atoms with E-state index in [0.29, 0.717) is 6.07 Å². The summed E-state index contributed by atoms with van der Waals surface area (Å²) in [5.74, 6) is -0.624. The molecule has 0 aliphatic rings. The molecule has 0 heterocycles. The molecular formula is C7H8F5NOS. The molecule has 1 aromatic rings. The van der Waals surface area contributed by atoms with E-state index in [1.807, 2.05) is 0 Å². The summed E-state index contributed by atoms with van der Waals surface area (Å²) in [6.07, 6.45) is 0. The lowest BCUT2D eigenvalue weighted by molar-refractivity contribution is 0.363. The van der Waals surface area contributed by atoms with Crippen LogP contribution in [0, 0.1) is 0 Å². The van der Waals surface area contributed by atoms with Gasteiger partial charge in [-0.05, 0) is 18.2 Å². The van der Waals surface area contributed by atoms with E-state index in [2.05, 4.69) is 4.74 Å². The second-order valence-electron chi connectivity index (χ2n) is 2.77. The summed E-state index contributed by atoms with van der Waals surface area (Å²) in [6.45, 7) is 0. The van der Waals surface area contributed by atoms with Crippen LogP contribution in [-0.2, 0) is 0 Å². The molecule has 0 bridgehead atoms. The summed E-state index contributed by atoms with van der Waals surface area (Å²) < 4.78 is 86.3. The Morgan fingerprint density at radius 3 is 2.27 bits per heavy atom. The van der Waals surface area contributed by atoms with Crippen LogP contribution in [0.4, 0.5) is 25.1 Å². The van der Waals surface area contributed by atoms with Gasteiger partial charge in [-0.1, -0.05) is 19.4 Å². The highest BCUT2D eigenvalue weighted by Crippen LogP contribution is 3.02. The third kappa shape index (κ3) is 2.65. The van der Waals surface area contributed by atoms with Crippen molar-refractivity contribution < 1.29 is 28.3 Å². The zero-order valence-corrected chi connectivity index (χ0v) is 7.83. The van der Waals surface area contributed by atoms with E-state index in [1.54, 1.807) is 0 Å². The van der Waals surface area contributed by atoms with Crippen molar-refractivity contribution in [3.8, 4) is 5.75 Å². The molecule has 0 saturated carbocycles. The summed E-state index contributed by atoms with van der Waals surface area (Å²) in [5, 5.41) is 0. The van der Waals surface area contributed by atoms with Crippen molar-refractivity contribution in [3.05, 3.63) is 18.2 Å². The van der Waals surface area contributed by atoms with Gasteiger partial charge in [0.2, 0.25) is 0 Å². The summed E-state index contributed by atoms with van der Waals surface area (Å²) >= 11 is 0. The highest BCUT2D eigenvalue weighted by atomic mass is 32.5. The number of hydrogen-bond acceptors (Lipinski definition) is 2. The molecule has 2 nitrogen and oxygen atoms in total. The molecule has 8 heteroatoms. The lowest BCUT2D eigenvalue weighted by Gasteiger charge is -2.40. The van der Waals surface area contributed by atoms with E-state index < -0.39 is 33.6 Å². The van der Waals surface area contributed by atoms with Gasteiger partial charge in [-0.25, -0.2) is 0 Å². The van der Waals surface area contributed by atoms with E-state index in [4.69, 9.17) is 9.85 Å². The Morgan fingerprint density at radius 1 is 1.27 bits per heavy atom. The zero-order chi connectivity index (χ0) is 14.5. The maximum absolute atomic E-state index is 12.4. The number of nitrogens with two attached hydrogens (primary N) is 1. The minimum Gasteiger partial charge on any atom is -0.495 e. The molecule has 0 saturated heterocycles. The van der Waals surface area contributed by atoms with Crippen LogP contribution in [0.1, 0.15) is 4.11 Å². The van der Waals surface area contributed by atoms with Gasteiger partial charge in [-0.2, -0.15) is 0 Å². The van der Waals surface area contributed by atoms with Crippen LogP contribution in [0.2, 0.25) is 0 Å². The second kappa shape index (κ2) is 2.49. The van der Waals surface area contributed by atoms with Crippen LogP contribution in [0.3, 0.4) is 0 Å². The highest BCUT2D eigenvalue weighted by molar-refractivity contribution is 8.45. The maximum Gasteiger partial charge on any atom is 0.310 e. The number of rotatable bonds is 2. The Kier molecular flexibility index (Phi) is 1.33. The van der Waals surface area contributed by atoms with Crippen molar-refractivity contribution in [3.63, 3.8) is 0 Å². The Morgan fingerprint density at radius 2 is 1.87 bits per heavy atom. The van der Waals surface area contributed by atoms with E-state index >= 15 is 0 Å². The maximum atomic E-state index is 12.4. The lowest BCUT2D eigenvalue weighted by Crippen LogP contribution is -2.07. The van der Waals surface area contributed by atoms with E-state index in [-0.39, 0.29) is 12.1 Å². The fraction of sp³-hybridized carbons (Fsp3) is 0.143. The molecule has 88 valence electrons. The van der Waals surface area contributed by atoms with Gasteiger partial charge in [0.15, 0.2) is 0 Å². The van der Waals surface area contributed by atoms with Gasteiger partial charge in [0.1, 0.15) is 10.6 Å². The standard InChI is InChI=1S/C7H8F5NOS/c1-14-7-3-2-5(4-6(7)13)15(8,9,10,11)12/h2-4H,13H2,1H3/i1D3. The average molecular weight is 252 g/mol. The third-order valence-electron chi connectivity index (χ3n) is 1.54. The fourth-order valence-corrected chi connectivity index (χ4v) is 1.53. The molecule has 0 aliphatic carbocycles. The number of ether oxygens (including phenoxy) is 1. The molecule has 0 aliphatic heterocycles. The van der Waals surface area contributed by atoms with Crippen molar-refractivity contribution in [2.75, 3.05) is 12.8 Å². The minimum atomic E-state index is -9.83. The van der Waals surface area contributed by atoms with Gasteiger partial charge in [-0.3, -0.25) is 0 Å². The van der Waals surface area contributed by atoms with Crippen molar-refractivity contribution in [2.45, 2.75) is 4.90 Å². The Labute approximate surface area is 86.8 Å². The quantitative estimate of drug-likeness (QED) is 0.639. The Balaban J connectivity index is 3.25. The number of nitrogen functional groups attached to an aromatic ring is 1. The highest BCUT2D eigenvalue weighted by Gasteiger charge is 2.65. The first-order valence-corrected chi connectivity index (χ1v) is 5.36. The first-order valence-electron chi connectivity index (χ1n) is 4.91. The summed E-state index contributed by atoms with van der Waals surface area (Å²) in [6, 6.07) is 0.413. The first kappa shape index (κ1) is 8.03. The minimum absolute atomic E-state index is 0.0268. The number of halogens is 5. The molecule has 0 aromatic heterocycles. The van der Waals surface area contributed by atoms with Crippen LogP contribution >= 0.6 is 10.2 Å². The smallest absolute Gasteiger partial charge is 0.310 e. The fourth-order valence-electron chi connectivity index (χ4n) is 0.859. The average Bonchev–Trinajstić information content (AvgIpc) is 2.01. The van der Waals surface area contributed by atoms with Gasteiger partial charge >= 0.3 is 10.2 Å². The van der Waals surface area contributed by atoms with Gasteiger partial charge < -0.3 is 10.5 Å². The van der Waals surface area contributed by atoms with Crippen molar-refractivity contribution in [1.82, 2.24) is 0 Å². The van der Waals surface area contributed by atoms with Gasteiger partial charge in [-0.15, -0.1) is 0 Å². The number of hydrogen-bond donors (Lipinski definition) is 1. The predicted octanol–water partition coefficient (Wildman–Crippen LogP) is 3.93. The normalized spacial score (nSPS) is 20.5. The van der Waals surface area contributed by atoms with E-state index in [0.717, 1.165) is 0 Å². The van der Waals surface area contributed by atoms with E-state index in [9.17, 15) is 19.4 Å². The molecule has 0 atom stereocenters. The van der Waals surface area contributed by atoms with Crippen LogP contribution < -0.4 is 10.5 Å². The Bertz CT molecular complexity index is 485. The molecule has 1 rings (SSSR count). The van der Waals surface area contributed by atoms with Crippen LogP contribution in [-0.4, -0.2) is 7.04 Å². The molecule has 1 aromatic carbocycles. The van der Waals surface area contributed by atoms with Crippen molar-refractivity contribution >= 4 is 15.9 Å². The van der Waals surface area contributed by atoms with Crippen LogP contribution in [0.15, 0.2) is 23.1 Å². The molecule has 2 N–H and O–H groups in total. The first-order chi connectivity index (χ1) is 7.58. The molecule has 0 spiro atoms. The summed E-state index contributed by atoms with van der Waals surface area (Å²) in [4.78, 5) is -2.20. The van der Waals surface area contributed by atoms with Crippen LogP contribution in [0.5, 0.6) is 5.75 Å². The Hall–Kier alpha value is -1.18. The van der Waals surface area contributed by atoms with Crippen LogP contribution in [0.25, 0.3) is 0 Å². The molecule has 0 fully saturated rings. The monoisotopic (exact) mass is 252 g/mol. The van der Waals surface area contributed by atoms with Gasteiger partial charge in [0.25, 0.3) is 0 Å². The van der Waals surface area contributed by atoms with Crippen molar-refractivity contribution in [1.29, 1.82) is 0 Å². The molecule has 0 amide bonds. The number of anilines is 1. The third-order valence-corrected chi connectivity index (χ3v) is 2.68.